The lowest BCUT2D eigenvalue weighted by Gasteiger charge is -2.19. The van der Waals surface area contributed by atoms with E-state index in [0.29, 0.717) is 6.04 Å². The average molecular weight is 139 g/mol. The van der Waals surface area contributed by atoms with Crippen LogP contribution in [0.5, 0.6) is 0 Å². The number of rotatable bonds is 2. The van der Waals surface area contributed by atoms with Gasteiger partial charge in [0, 0.05) is 6.04 Å². The quantitative estimate of drug-likeness (QED) is 0.529. The molecule has 1 heterocycles. The van der Waals surface area contributed by atoms with Crippen LogP contribution in [0.25, 0.3) is 0 Å². The van der Waals surface area contributed by atoms with Gasteiger partial charge in [0.1, 0.15) is 0 Å². The summed E-state index contributed by atoms with van der Waals surface area (Å²) in [5.74, 6) is 0. The molecule has 0 aromatic heterocycles. The number of allylic oxidation sites excluding steroid dienone is 1. The second kappa shape index (κ2) is 3.77. The molecule has 1 atom stereocenters. The van der Waals surface area contributed by atoms with E-state index in [2.05, 4.69) is 30.9 Å². The maximum atomic E-state index is 2.53. The van der Waals surface area contributed by atoms with Crippen molar-refractivity contribution in [3.63, 3.8) is 0 Å². The van der Waals surface area contributed by atoms with E-state index < -0.39 is 0 Å². The summed E-state index contributed by atoms with van der Waals surface area (Å²) >= 11 is 0. The molecule has 58 valence electrons. The first-order valence-electron chi connectivity index (χ1n) is 4.21. The van der Waals surface area contributed by atoms with Gasteiger partial charge in [-0.2, -0.15) is 0 Å². The first-order chi connectivity index (χ1) is 4.84. The van der Waals surface area contributed by atoms with Gasteiger partial charge in [-0.1, -0.05) is 12.2 Å². The van der Waals surface area contributed by atoms with Gasteiger partial charge in [-0.3, -0.25) is 4.90 Å². The highest BCUT2D eigenvalue weighted by Gasteiger charge is 2.14. The van der Waals surface area contributed by atoms with Crippen LogP contribution in [0, 0.1) is 0 Å². The third-order valence-electron chi connectivity index (χ3n) is 2.19. The molecule has 0 amide bonds. The molecule has 0 radical (unpaired) electrons. The average Bonchev–Trinajstić information content (AvgIpc) is 2.38. The Morgan fingerprint density at radius 1 is 1.30 bits per heavy atom. The molecule has 0 saturated carbocycles. The van der Waals surface area contributed by atoms with E-state index in [1.54, 1.807) is 0 Å². The molecule has 0 spiro atoms. The van der Waals surface area contributed by atoms with Gasteiger partial charge in [-0.05, 0) is 39.8 Å². The van der Waals surface area contributed by atoms with E-state index >= 15 is 0 Å². The highest BCUT2D eigenvalue weighted by Crippen LogP contribution is 2.11. The molecular formula is C9H17N. The van der Waals surface area contributed by atoms with Crippen molar-refractivity contribution >= 4 is 0 Å². The van der Waals surface area contributed by atoms with E-state index in [1.165, 1.54) is 25.9 Å². The second-order valence-corrected chi connectivity index (χ2v) is 3.01. The Balaban J connectivity index is 2.32. The van der Waals surface area contributed by atoms with Crippen LogP contribution in [-0.2, 0) is 0 Å². The van der Waals surface area contributed by atoms with Crippen LogP contribution in [0.15, 0.2) is 12.2 Å². The fourth-order valence-electron chi connectivity index (χ4n) is 1.55. The summed E-state index contributed by atoms with van der Waals surface area (Å²) in [6, 6.07) is 0.660. The molecule has 10 heavy (non-hydrogen) atoms. The van der Waals surface area contributed by atoms with Gasteiger partial charge >= 0.3 is 0 Å². The summed E-state index contributed by atoms with van der Waals surface area (Å²) in [7, 11) is 0. The van der Waals surface area contributed by atoms with Crippen molar-refractivity contribution < 1.29 is 0 Å². The third-order valence-corrected chi connectivity index (χ3v) is 2.19. The van der Waals surface area contributed by atoms with Gasteiger partial charge in [0.05, 0.1) is 0 Å². The largest absolute Gasteiger partial charge is 0.297 e. The van der Waals surface area contributed by atoms with E-state index in [0.717, 1.165) is 0 Å². The van der Waals surface area contributed by atoms with Gasteiger partial charge in [-0.15, -0.1) is 0 Å². The zero-order valence-corrected chi connectivity index (χ0v) is 7.01. The summed E-state index contributed by atoms with van der Waals surface area (Å²) in [4.78, 5) is 2.53. The van der Waals surface area contributed by atoms with Crippen molar-refractivity contribution in [1.29, 1.82) is 0 Å². The van der Waals surface area contributed by atoms with Crippen molar-refractivity contribution in [2.75, 3.05) is 13.1 Å². The van der Waals surface area contributed by atoms with E-state index in [-0.39, 0.29) is 0 Å². The van der Waals surface area contributed by atoms with Crippen LogP contribution in [-0.4, -0.2) is 24.0 Å². The van der Waals surface area contributed by atoms with Gasteiger partial charge in [0.2, 0.25) is 0 Å². The van der Waals surface area contributed by atoms with Crippen molar-refractivity contribution in [3.05, 3.63) is 12.2 Å². The summed E-state index contributed by atoms with van der Waals surface area (Å²) < 4.78 is 0. The fourth-order valence-corrected chi connectivity index (χ4v) is 1.55. The van der Waals surface area contributed by atoms with Gasteiger partial charge in [0.15, 0.2) is 0 Å². The lowest BCUT2D eigenvalue weighted by atomic mass is 10.3. The molecular weight excluding hydrogens is 122 g/mol. The molecule has 0 bridgehead atoms. The number of hydrogen-bond donors (Lipinski definition) is 0. The summed E-state index contributed by atoms with van der Waals surface area (Å²) in [6.07, 6.45) is 7.19. The monoisotopic (exact) mass is 139 g/mol. The first kappa shape index (κ1) is 7.80. The highest BCUT2D eigenvalue weighted by molar-refractivity contribution is 4.90. The standard InChI is InChI=1S/C9H17N/c1-3-6-9(2)10-7-4-5-8-10/h3,6,9H,4-5,7-8H2,1-2H3/b6-3+. The van der Waals surface area contributed by atoms with Crippen LogP contribution in [0.1, 0.15) is 26.7 Å². The minimum absolute atomic E-state index is 0.660. The van der Waals surface area contributed by atoms with Crippen molar-refractivity contribution in [2.45, 2.75) is 32.7 Å². The zero-order chi connectivity index (χ0) is 7.40. The predicted octanol–water partition coefficient (Wildman–Crippen LogP) is 2.05. The Kier molecular flexibility index (Phi) is 2.94. The molecule has 1 unspecified atom stereocenters. The number of hydrogen-bond acceptors (Lipinski definition) is 1. The van der Waals surface area contributed by atoms with Crippen LogP contribution in [0.4, 0.5) is 0 Å². The van der Waals surface area contributed by atoms with Crippen molar-refractivity contribution in [3.8, 4) is 0 Å². The maximum absolute atomic E-state index is 2.53. The Morgan fingerprint density at radius 2 is 1.90 bits per heavy atom. The molecule has 1 saturated heterocycles. The van der Waals surface area contributed by atoms with Crippen LogP contribution in [0.3, 0.4) is 0 Å². The minimum Gasteiger partial charge on any atom is -0.297 e. The fraction of sp³-hybridized carbons (Fsp3) is 0.778. The minimum atomic E-state index is 0.660. The van der Waals surface area contributed by atoms with Crippen LogP contribution in [0.2, 0.25) is 0 Å². The second-order valence-electron chi connectivity index (χ2n) is 3.01. The Morgan fingerprint density at radius 3 is 2.40 bits per heavy atom. The number of likely N-dealkylation sites (tertiary alicyclic amines) is 1. The van der Waals surface area contributed by atoms with E-state index in [9.17, 15) is 0 Å². The predicted molar refractivity (Wildman–Crippen MR) is 45.1 cm³/mol. The summed E-state index contributed by atoms with van der Waals surface area (Å²) in [5.41, 5.74) is 0. The molecule has 0 aromatic rings. The summed E-state index contributed by atoms with van der Waals surface area (Å²) in [5, 5.41) is 0. The zero-order valence-electron chi connectivity index (χ0n) is 7.01. The molecule has 0 N–H and O–H groups in total. The molecule has 1 fully saturated rings. The highest BCUT2D eigenvalue weighted by atomic mass is 15.2. The van der Waals surface area contributed by atoms with Gasteiger partial charge in [-0.25, -0.2) is 0 Å². The Hall–Kier alpha value is -0.300. The van der Waals surface area contributed by atoms with Crippen LogP contribution >= 0.6 is 0 Å². The van der Waals surface area contributed by atoms with E-state index in [1.807, 2.05) is 0 Å². The number of nitrogens with zero attached hydrogens (tertiary/aromatic N) is 1. The Labute approximate surface area is 63.7 Å². The van der Waals surface area contributed by atoms with Crippen molar-refractivity contribution in [1.82, 2.24) is 4.90 Å². The third kappa shape index (κ3) is 1.84. The normalized spacial score (nSPS) is 24.2. The lowest BCUT2D eigenvalue weighted by Crippen LogP contribution is -2.27. The Bertz CT molecular complexity index is 112. The van der Waals surface area contributed by atoms with Crippen molar-refractivity contribution in [2.24, 2.45) is 0 Å². The van der Waals surface area contributed by atoms with Gasteiger partial charge in [0.25, 0.3) is 0 Å². The lowest BCUT2D eigenvalue weighted by molar-refractivity contribution is 0.300. The van der Waals surface area contributed by atoms with Crippen LogP contribution < -0.4 is 0 Å². The summed E-state index contributed by atoms with van der Waals surface area (Å²) in [6.45, 7) is 6.95. The molecule has 1 rings (SSSR count). The molecule has 0 aliphatic carbocycles. The molecule has 1 aliphatic rings. The van der Waals surface area contributed by atoms with Gasteiger partial charge < -0.3 is 0 Å². The topological polar surface area (TPSA) is 3.24 Å². The molecule has 0 aromatic carbocycles. The van der Waals surface area contributed by atoms with E-state index in [4.69, 9.17) is 0 Å². The molecule has 1 nitrogen and oxygen atoms in total. The smallest absolute Gasteiger partial charge is 0.0249 e. The molecule has 1 aliphatic heterocycles. The molecule has 1 heteroatoms. The first-order valence-corrected chi connectivity index (χ1v) is 4.21. The SMILES string of the molecule is C/C=C/C(C)N1CCCC1. The maximum Gasteiger partial charge on any atom is 0.0249 e.